The second-order valence-electron chi connectivity index (χ2n) is 7.04. The zero-order chi connectivity index (χ0) is 16.8. The number of fused-ring (bicyclic) bond motifs is 1. The summed E-state index contributed by atoms with van der Waals surface area (Å²) in [6, 6.07) is 7.83. The van der Waals surface area contributed by atoms with Gasteiger partial charge in [0.25, 0.3) is 0 Å². The van der Waals surface area contributed by atoms with Gasteiger partial charge in [0.2, 0.25) is 11.8 Å². The van der Waals surface area contributed by atoms with Crippen molar-refractivity contribution in [3.05, 3.63) is 34.3 Å². The number of rotatable bonds is 3. The van der Waals surface area contributed by atoms with E-state index in [1.807, 2.05) is 24.3 Å². The molecule has 3 fully saturated rings. The molecule has 0 bridgehead atoms. The minimum Gasteiger partial charge on any atom is -0.394 e. The van der Waals surface area contributed by atoms with Crippen molar-refractivity contribution >= 4 is 27.7 Å². The molecule has 1 aromatic rings. The van der Waals surface area contributed by atoms with Crippen LogP contribution < -0.4 is 0 Å². The quantitative estimate of drug-likeness (QED) is 0.851. The predicted octanol–water partition coefficient (Wildman–Crippen LogP) is 1.75. The van der Waals surface area contributed by atoms with E-state index < -0.39 is 0 Å². The van der Waals surface area contributed by atoms with Gasteiger partial charge >= 0.3 is 0 Å². The summed E-state index contributed by atoms with van der Waals surface area (Å²) < 4.78 is 1.00. The van der Waals surface area contributed by atoms with Gasteiger partial charge in [-0.15, -0.1) is 0 Å². The average Bonchev–Trinajstić information content (AvgIpc) is 2.49. The molecule has 1 aliphatic carbocycles. The maximum Gasteiger partial charge on any atom is 0.242 e. The number of aliphatic hydroxyl groups excluding tert-OH is 1. The molecule has 24 heavy (non-hydrogen) atoms. The number of aliphatic hydroxyl groups is 1. The Morgan fingerprint density at radius 1 is 1.25 bits per heavy atom. The fourth-order valence-corrected chi connectivity index (χ4v) is 4.53. The Labute approximate surface area is 149 Å². The highest BCUT2D eigenvalue weighted by Gasteiger charge is 2.54. The van der Waals surface area contributed by atoms with Gasteiger partial charge in [-0.3, -0.25) is 9.59 Å². The second-order valence-corrected chi connectivity index (χ2v) is 7.96. The maximum absolute atomic E-state index is 12.5. The first-order valence-corrected chi connectivity index (χ1v) is 9.35. The van der Waals surface area contributed by atoms with E-state index in [-0.39, 0.29) is 48.9 Å². The van der Waals surface area contributed by atoms with Gasteiger partial charge in [0.15, 0.2) is 0 Å². The number of amides is 2. The molecule has 0 radical (unpaired) electrons. The van der Waals surface area contributed by atoms with E-state index in [9.17, 15) is 14.7 Å². The first-order valence-electron chi connectivity index (χ1n) is 8.56. The predicted molar refractivity (Wildman–Crippen MR) is 92.3 cm³/mol. The van der Waals surface area contributed by atoms with Gasteiger partial charge in [-0.2, -0.15) is 0 Å². The maximum atomic E-state index is 12.5. The summed E-state index contributed by atoms with van der Waals surface area (Å²) in [7, 11) is 0. The van der Waals surface area contributed by atoms with Crippen molar-refractivity contribution in [3.63, 3.8) is 0 Å². The van der Waals surface area contributed by atoms with Crippen LogP contribution >= 0.6 is 15.9 Å². The van der Waals surface area contributed by atoms with Crippen LogP contribution in [-0.2, 0) is 9.59 Å². The fourth-order valence-electron chi connectivity index (χ4n) is 4.27. The van der Waals surface area contributed by atoms with Crippen molar-refractivity contribution in [3.8, 4) is 0 Å². The molecule has 2 aliphatic heterocycles. The van der Waals surface area contributed by atoms with Crippen LogP contribution in [0.4, 0.5) is 0 Å². The minimum absolute atomic E-state index is 0.0198. The number of halogens is 1. The lowest BCUT2D eigenvalue weighted by molar-refractivity contribution is -0.169. The Morgan fingerprint density at radius 3 is 2.54 bits per heavy atom. The molecular formula is C18H21BrN2O3. The van der Waals surface area contributed by atoms with Crippen LogP contribution in [0.2, 0.25) is 0 Å². The number of hydrogen-bond acceptors (Lipinski definition) is 3. The highest BCUT2D eigenvalue weighted by molar-refractivity contribution is 9.10. The van der Waals surface area contributed by atoms with Crippen molar-refractivity contribution in [2.24, 2.45) is 5.92 Å². The molecule has 1 N–H and O–H groups in total. The van der Waals surface area contributed by atoms with Gasteiger partial charge in [0.05, 0.1) is 25.2 Å². The van der Waals surface area contributed by atoms with E-state index in [0.29, 0.717) is 6.54 Å². The number of carbonyl (C=O) groups excluding carboxylic acids is 2. The van der Waals surface area contributed by atoms with Crippen molar-refractivity contribution in [1.82, 2.24) is 9.80 Å². The number of benzene rings is 1. The molecule has 3 atom stereocenters. The molecule has 0 unspecified atom stereocenters. The zero-order valence-corrected chi connectivity index (χ0v) is 15.0. The summed E-state index contributed by atoms with van der Waals surface area (Å²) in [6.07, 6.45) is 3.02. The van der Waals surface area contributed by atoms with Crippen LogP contribution in [0.3, 0.4) is 0 Å². The third-order valence-corrected chi connectivity index (χ3v) is 6.30. The van der Waals surface area contributed by atoms with Crippen LogP contribution in [0.5, 0.6) is 0 Å². The molecule has 2 heterocycles. The average molecular weight is 393 g/mol. The normalized spacial score (nSPS) is 29.8. The first-order chi connectivity index (χ1) is 11.6. The third kappa shape index (κ3) is 2.47. The number of nitrogens with zero attached hydrogens (tertiary/aromatic N) is 2. The Bertz CT molecular complexity index is 659. The number of hydrogen-bond donors (Lipinski definition) is 1. The van der Waals surface area contributed by atoms with Gasteiger partial charge in [-0.05, 0) is 30.5 Å². The first kappa shape index (κ1) is 16.1. The largest absolute Gasteiger partial charge is 0.394 e. The molecule has 3 aliphatic rings. The van der Waals surface area contributed by atoms with Crippen LogP contribution in [0.1, 0.15) is 30.7 Å². The highest BCUT2D eigenvalue weighted by Crippen LogP contribution is 2.43. The Balaban J connectivity index is 1.56. The topological polar surface area (TPSA) is 60.9 Å². The van der Waals surface area contributed by atoms with E-state index in [2.05, 4.69) is 15.9 Å². The van der Waals surface area contributed by atoms with E-state index in [4.69, 9.17) is 0 Å². The highest BCUT2D eigenvalue weighted by atomic mass is 79.9. The van der Waals surface area contributed by atoms with Crippen LogP contribution in [0.15, 0.2) is 28.7 Å². The van der Waals surface area contributed by atoms with Gasteiger partial charge < -0.3 is 14.9 Å². The van der Waals surface area contributed by atoms with E-state index >= 15 is 0 Å². The Kier molecular flexibility index (Phi) is 4.12. The van der Waals surface area contributed by atoms with Gasteiger partial charge in [-0.25, -0.2) is 0 Å². The molecule has 5 nitrogen and oxygen atoms in total. The second kappa shape index (κ2) is 6.15. The zero-order valence-electron chi connectivity index (χ0n) is 13.4. The summed E-state index contributed by atoms with van der Waals surface area (Å²) in [5, 5.41) is 9.76. The summed E-state index contributed by atoms with van der Waals surface area (Å²) in [4.78, 5) is 28.6. The standard InChI is InChI=1S/C18H21BrN2O3/c19-13-6-4-11(5-7-13)17-14-8-20(18(24)12-2-1-3-12)9-16(23)21(14)15(17)10-22/h4-7,12,14-15,17,22H,1-3,8-10H2/t14-,15+,17+/m1/s1. The SMILES string of the molecule is O=C(C1CCC1)N1CC(=O)N2[C@H](C1)[C@H](c1ccc(Br)cc1)[C@@H]2CO. The fraction of sp³-hybridized carbons (Fsp3) is 0.556. The molecule has 2 saturated heterocycles. The smallest absolute Gasteiger partial charge is 0.242 e. The summed E-state index contributed by atoms with van der Waals surface area (Å²) in [5.41, 5.74) is 1.12. The molecule has 128 valence electrons. The third-order valence-electron chi connectivity index (χ3n) is 5.77. The molecule has 0 spiro atoms. The van der Waals surface area contributed by atoms with E-state index in [1.54, 1.807) is 9.80 Å². The molecular weight excluding hydrogens is 372 g/mol. The van der Waals surface area contributed by atoms with Gasteiger partial charge in [0.1, 0.15) is 0 Å². The monoisotopic (exact) mass is 392 g/mol. The lowest BCUT2D eigenvalue weighted by atomic mass is 9.73. The molecule has 1 saturated carbocycles. The van der Waals surface area contributed by atoms with Crippen LogP contribution in [-0.4, -0.2) is 58.5 Å². The van der Waals surface area contributed by atoms with E-state index in [0.717, 1.165) is 29.3 Å². The van der Waals surface area contributed by atoms with Crippen molar-refractivity contribution < 1.29 is 14.7 Å². The van der Waals surface area contributed by atoms with Crippen LogP contribution in [0, 0.1) is 5.92 Å². The Hall–Kier alpha value is -1.40. The van der Waals surface area contributed by atoms with Gasteiger partial charge in [0, 0.05) is 22.9 Å². The minimum atomic E-state index is -0.176. The molecule has 0 aromatic heterocycles. The lowest BCUT2D eigenvalue weighted by Crippen LogP contribution is -2.73. The molecule has 6 heteroatoms. The lowest BCUT2D eigenvalue weighted by Gasteiger charge is -2.59. The van der Waals surface area contributed by atoms with Crippen molar-refractivity contribution in [2.75, 3.05) is 19.7 Å². The molecule has 4 rings (SSSR count). The van der Waals surface area contributed by atoms with Crippen molar-refractivity contribution in [2.45, 2.75) is 37.3 Å². The van der Waals surface area contributed by atoms with Gasteiger partial charge in [-0.1, -0.05) is 34.5 Å². The van der Waals surface area contributed by atoms with E-state index in [1.165, 1.54) is 0 Å². The van der Waals surface area contributed by atoms with Crippen LogP contribution in [0.25, 0.3) is 0 Å². The van der Waals surface area contributed by atoms with Crippen molar-refractivity contribution in [1.29, 1.82) is 0 Å². The summed E-state index contributed by atoms with van der Waals surface area (Å²) >= 11 is 3.44. The number of piperazine rings is 1. The number of carbonyl (C=O) groups is 2. The molecule has 2 amide bonds. The Morgan fingerprint density at radius 2 is 1.96 bits per heavy atom. The molecule has 1 aromatic carbocycles. The summed E-state index contributed by atoms with van der Waals surface area (Å²) in [6.45, 7) is 0.702. The summed E-state index contributed by atoms with van der Waals surface area (Å²) in [5.74, 6) is 0.302.